The van der Waals surface area contributed by atoms with E-state index in [1.54, 1.807) is 0 Å². The average molecular weight is 612 g/mol. The van der Waals surface area contributed by atoms with Gasteiger partial charge in [0.25, 0.3) is 5.69 Å². The zero-order valence-corrected chi connectivity index (χ0v) is 23.8. The van der Waals surface area contributed by atoms with E-state index >= 15 is 0 Å². The van der Waals surface area contributed by atoms with Crippen LogP contribution >= 0.6 is 0 Å². The van der Waals surface area contributed by atoms with Gasteiger partial charge >= 0.3 is 18.5 Å². The zero-order valence-electron chi connectivity index (χ0n) is 23.8. The molecule has 16 heteroatoms. The van der Waals surface area contributed by atoms with Crippen molar-refractivity contribution < 1.29 is 47.0 Å². The molecule has 1 heterocycles. The Morgan fingerprint density at radius 1 is 0.884 bits per heavy atom. The number of carbonyl (C=O) groups is 2. The molecule has 1 aromatic heterocycles. The van der Waals surface area contributed by atoms with Gasteiger partial charge in [-0.2, -0.15) is 18.2 Å². The minimum atomic E-state index is -4.47. The van der Waals surface area contributed by atoms with E-state index < -0.39 is 45.6 Å². The highest BCUT2D eigenvalue weighted by Gasteiger charge is 2.33. The molecule has 0 saturated carbocycles. The highest BCUT2D eigenvalue weighted by Crippen LogP contribution is 2.40. The van der Waals surface area contributed by atoms with Gasteiger partial charge < -0.3 is 25.6 Å². The van der Waals surface area contributed by atoms with Crippen LogP contribution in [0, 0.1) is 15.9 Å². The van der Waals surface area contributed by atoms with Crippen molar-refractivity contribution >= 4 is 41.1 Å². The molecule has 0 aliphatic rings. The molecule has 3 aromatic rings. The third-order valence-electron chi connectivity index (χ3n) is 5.42. The van der Waals surface area contributed by atoms with Crippen LogP contribution < -0.4 is 10.6 Å². The van der Waals surface area contributed by atoms with E-state index in [4.69, 9.17) is 10.2 Å². The van der Waals surface area contributed by atoms with Crippen LogP contribution in [-0.2, 0) is 21.7 Å². The lowest BCUT2D eigenvalue weighted by molar-refractivity contribution is -0.384. The second kappa shape index (κ2) is 12.9. The summed E-state index contributed by atoms with van der Waals surface area (Å²) in [6.45, 7) is 11.6. The molecule has 0 radical (unpaired) electrons. The van der Waals surface area contributed by atoms with Crippen LogP contribution in [0.1, 0.15) is 58.4 Å². The highest BCUT2D eigenvalue weighted by atomic mass is 19.4. The number of nitrogens with one attached hydrogen (secondary N) is 2. The van der Waals surface area contributed by atoms with Gasteiger partial charge in [0.2, 0.25) is 5.95 Å². The average Bonchev–Trinajstić information content (AvgIpc) is 2.81. The minimum Gasteiger partial charge on any atom is -0.449 e. The molecule has 0 atom stereocenters. The van der Waals surface area contributed by atoms with Gasteiger partial charge in [-0.3, -0.25) is 10.1 Å². The van der Waals surface area contributed by atoms with Gasteiger partial charge in [0, 0.05) is 28.8 Å². The van der Waals surface area contributed by atoms with Crippen LogP contribution in [0.2, 0.25) is 0 Å². The number of hydrogen-bond acceptors (Lipinski definition) is 9. The first kappa shape index (κ1) is 34.2. The predicted molar refractivity (Wildman–Crippen MR) is 148 cm³/mol. The molecule has 0 amide bonds. The van der Waals surface area contributed by atoms with E-state index in [2.05, 4.69) is 25.3 Å². The summed E-state index contributed by atoms with van der Waals surface area (Å²) in [6, 6.07) is 7.44. The number of hydrogen-bond donors (Lipinski definition) is 4. The Bertz CT molecular complexity index is 1490. The van der Waals surface area contributed by atoms with Crippen molar-refractivity contribution in [3.05, 3.63) is 75.2 Å². The molecule has 43 heavy (non-hydrogen) atoms. The molecule has 232 valence electrons. The summed E-state index contributed by atoms with van der Waals surface area (Å²) in [5.41, 5.74) is -0.685. The van der Waals surface area contributed by atoms with Crippen LogP contribution in [0.5, 0.6) is 0 Å². The Kier molecular flexibility index (Phi) is 10.2. The molecule has 0 aliphatic heterocycles. The number of rotatable bonds is 5. The molecule has 3 rings (SSSR count). The van der Waals surface area contributed by atoms with E-state index in [1.807, 2.05) is 41.5 Å². The Hall–Kier alpha value is -5.02. The van der Waals surface area contributed by atoms with Crippen molar-refractivity contribution in [3.63, 3.8) is 0 Å². The van der Waals surface area contributed by atoms with Crippen LogP contribution in [0.15, 0.2) is 42.5 Å². The summed E-state index contributed by atoms with van der Waals surface area (Å²) < 4.78 is 55.9. The largest absolute Gasteiger partial charge is 0.516 e. The minimum absolute atomic E-state index is 0.0641. The first-order valence-electron chi connectivity index (χ1n) is 12.3. The van der Waals surface area contributed by atoms with E-state index in [1.165, 1.54) is 12.1 Å². The van der Waals surface area contributed by atoms with Gasteiger partial charge in [0.1, 0.15) is 17.3 Å². The molecule has 0 spiro atoms. The topological polar surface area (TPSA) is 177 Å². The van der Waals surface area contributed by atoms with Gasteiger partial charge in [0.05, 0.1) is 16.2 Å². The van der Waals surface area contributed by atoms with Crippen molar-refractivity contribution in [2.45, 2.75) is 58.5 Å². The maximum absolute atomic E-state index is 14.0. The van der Waals surface area contributed by atoms with Crippen molar-refractivity contribution in [3.8, 4) is 0 Å². The standard InChI is InChI=1S/C25H27F4N5O2.C2H2O5/c1-23(2,3)19-20(24(4,5)6)32-22(30-16-10-7-14(8-11-16)25(27,28)29)33-21(19)31-17-13-15(26)9-12-18(17)34(35)36;3-1(4)7-2(5)6/h7-13H,1-6H3,(H2,30,31,32,33);(H,3,4)(H,5,6). The number of ether oxygens (including phenoxy) is 1. The van der Waals surface area contributed by atoms with Gasteiger partial charge in [-0.15, -0.1) is 0 Å². The first-order chi connectivity index (χ1) is 19.6. The van der Waals surface area contributed by atoms with Crippen molar-refractivity contribution in [2.24, 2.45) is 0 Å². The number of nitro benzene ring substituents is 1. The van der Waals surface area contributed by atoms with E-state index in [0.717, 1.165) is 30.3 Å². The number of benzene rings is 2. The number of aromatic nitrogens is 2. The SMILES string of the molecule is CC(C)(C)c1nc(Nc2ccc(C(F)(F)F)cc2)nc(Nc2cc(F)ccc2[N+](=O)[O-])c1C(C)(C)C.O=C(O)OC(=O)O. The Morgan fingerprint density at radius 3 is 1.86 bits per heavy atom. The van der Waals surface area contributed by atoms with E-state index in [9.17, 15) is 37.3 Å². The third kappa shape index (κ3) is 9.79. The van der Waals surface area contributed by atoms with Crippen LogP contribution in [-0.4, -0.2) is 37.4 Å². The molecule has 0 fully saturated rings. The summed E-state index contributed by atoms with van der Waals surface area (Å²) in [6.07, 6.45) is -8.10. The lowest BCUT2D eigenvalue weighted by atomic mass is 9.78. The van der Waals surface area contributed by atoms with Crippen LogP contribution in [0.3, 0.4) is 0 Å². The fraction of sp³-hybridized carbons (Fsp3) is 0.333. The fourth-order valence-electron chi connectivity index (χ4n) is 3.70. The fourth-order valence-corrected chi connectivity index (χ4v) is 3.70. The quantitative estimate of drug-likeness (QED) is 0.0723. The molecule has 0 bridgehead atoms. The van der Waals surface area contributed by atoms with Crippen molar-refractivity contribution in [2.75, 3.05) is 10.6 Å². The third-order valence-corrected chi connectivity index (χ3v) is 5.42. The number of alkyl halides is 3. The summed E-state index contributed by atoms with van der Waals surface area (Å²) in [7, 11) is 0. The summed E-state index contributed by atoms with van der Waals surface area (Å²) in [5, 5.41) is 32.3. The molecule has 12 nitrogen and oxygen atoms in total. The van der Waals surface area contributed by atoms with E-state index in [-0.39, 0.29) is 23.1 Å². The van der Waals surface area contributed by atoms with Crippen LogP contribution in [0.25, 0.3) is 0 Å². The number of nitrogens with zero attached hydrogens (tertiary/aromatic N) is 3. The molecular weight excluding hydrogens is 582 g/mol. The Balaban J connectivity index is 0.000000821. The lowest BCUT2D eigenvalue weighted by Crippen LogP contribution is -2.26. The first-order valence-corrected chi connectivity index (χ1v) is 12.3. The summed E-state index contributed by atoms with van der Waals surface area (Å²) in [4.78, 5) is 38.5. The predicted octanol–water partition coefficient (Wildman–Crippen LogP) is 7.98. The number of anilines is 4. The second-order valence-corrected chi connectivity index (χ2v) is 11.0. The number of carboxylic acid groups (broad SMARTS) is 2. The molecule has 2 aromatic carbocycles. The lowest BCUT2D eigenvalue weighted by Gasteiger charge is -2.31. The molecule has 4 N–H and O–H groups in total. The number of halogens is 4. The monoisotopic (exact) mass is 611 g/mol. The van der Waals surface area contributed by atoms with Gasteiger partial charge in [-0.05, 0) is 35.7 Å². The Morgan fingerprint density at radius 2 is 1.44 bits per heavy atom. The maximum atomic E-state index is 14.0. The van der Waals surface area contributed by atoms with Gasteiger partial charge in [0.15, 0.2) is 0 Å². The molecular formula is C27H29F4N5O7. The summed E-state index contributed by atoms with van der Waals surface area (Å²) in [5.74, 6) is -0.395. The van der Waals surface area contributed by atoms with Gasteiger partial charge in [-0.25, -0.2) is 19.0 Å². The smallest absolute Gasteiger partial charge is 0.449 e. The van der Waals surface area contributed by atoms with Crippen molar-refractivity contribution in [1.29, 1.82) is 0 Å². The summed E-state index contributed by atoms with van der Waals surface area (Å²) >= 11 is 0. The molecule has 0 unspecified atom stereocenters. The molecule has 0 saturated heterocycles. The second-order valence-electron chi connectivity index (χ2n) is 11.0. The van der Waals surface area contributed by atoms with Crippen LogP contribution in [0.4, 0.5) is 56.0 Å². The highest BCUT2D eigenvalue weighted by molar-refractivity contribution is 5.74. The zero-order chi connectivity index (χ0) is 32.9. The Labute approximate surface area is 242 Å². The van der Waals surface area contributed by atoms with E-state index in [0.29, 0.717) is 16.9 Å². The maximum Gasteiger partial charge on any atom is 0.516 e. The molecule has 0 aliphatic carbocycles. The number of nitro groups is 1. The van der Waals surface area contributed by atoms with Gasteiger partial charge in [-0.1, -0.05) is 41.5 Å². The normalized spacial score (nSPS) is 11.6. The van der Waals surface area contributed by atoms with Crippen molar-refractivity contribution in [1.82, 2.24) is 9.97 Å².